The number of rotatable bonds is 6. The molecule has 0 saturated heterocycles. The second-order valence-corrected chi connectivity index (χ2v) is 5.23. The maximum Gasteiger partial charge on any atom is 0.227 e. The Morgan fingerprint density at radius 1 is 1.22 bits per heavy atom. The molecule has 1 aromatic rings. The Kier molecular flexibility index (Phi) is 3.03. The first-order chi connectivity index (χ1) is 8.76. The zero-order valence-electron chi connectivity index (χ0n) is 10.6. The van der Waals surface area contributed by atoms with Crippen molar-refractivity contribution in [3.8, 4) is 0 Å². The molecule has 0 aromatic carbocycles. The third kappa shape index (κ3) is 2.69. The van der Waals surface area contributed by atoms with Crippen LogP contribution in [-0.4, -0.2) is 39.3 Å². The Balaban J connectivity index is 1.78. The molecule has 1 heterocycles. The Bertz CT molecular complexity index is 434. The number of hydrogen-bond acceptors (Lipinski definition) is 6. The first-order valence-corrected chi connectivity index (χ1v) is 6.63. The molecular weight excluding hydrogens is 230 g/mol. The highest BCUT2D eigenvalue weighted by molar-refractivity contribution is 5.37. The number of aliphatic hydroxyl groups is 1. The summed E-state index contributed by atoms with van der Waals surface area (Å²) in [5.41, 5.74) is 0. The van der Waals surface area contributed by atoms with Crippen molar-refractivity contribution in [3.05, 3.63) is 5.82 Å². The summed E-state index contributed by atoms with van der Waals surface area (Å²) in [4.78, 5) is 13.3. The molecule has 0 aliphatic heterocycles. The molecule has 3 N–H and O–H groups in total. The third-order valence-electron chi connectivity index (χ3n) is 3.40. The van der Waals surface area contributed by atoms with Gasteiger partial charge in [0.1, 0.15) is 5.82 Å². The molecule has 2 unspecified atom stereocenters. The van der Waals surface area contributed by atoms with Gasteiger partial charge in [0.2, 0.25) is 11.9 Å². The van der Waals surface area contributed by atoms with E-state index in [1.807, 2.05) is 0 Å². The summed E-state index contributed by atoms with van der Waals surface area (Å²) >= 11 is 0. The van der Waals surface area contributed by atoms with Crippen LogP contribution in [0.4, 0.5) is 11.9 Å². The van der Waals surface area contributed by atoms with Crippen LogP contribution in [0.25, 0.3) is 0 Å². The van der Waals surface area contributed by atoms with Crippen molar-refractivity contribution in [2.75, 3.05) is 23.8 Å². The van der Waals surface area contributed by atoms with E-state index in [1.165, 1.54) is 12.8 Å². The predicted molar refractivity (Wildman–Crippen MR) is 68.6 cm³/mol. The van der Waals surface area contributed by atoms with Crippen LogP contribution in [0.15, 0.2) is 0 Å². The van der Waals surface area contributed by atoms with Crippen LogP contribution in [-0.2, 0) is 0 Å². The zero-order valence-corrected chi connectivity index (χ0v) is 10.6. The molecule has 2 aliphatic carbocycles. The van der Waals surface area contributed by atoms with E-state index in [2.05, 4.69) is 32.5 Å². The summed E-state index contributed by atoms with van der Waals surface area (Å²) in [6.45, 7) is 2.75. The van der Waals surface area contributed by atoms with E-state index >= 15 is 0 Å². The van der Waals surface area contributed by atoms with Crippen LogP contribution in [0.1, 0.15) is 37.9 Å². The molecule has 1 aromatic heterocycles. The Morgan fingerprint density at radius 3 is 2.56 bits per heavy atom. The summed E-state index contributed by atoms with van der Waals surface area (Å²) in [7, 11) is 0. The van der Waals surface area contributed by atoms with Gasteiger partial charge in [-0.3, -0.25) is 0 Å². The number of nitrogens with zero attached hydrogens (tertiary/aromatic N) is 3. The van der Waals surface area contributed by atoms with E-state index in [-0.39, 0.29) is 6.61 Å². The number of hydrogen-bond donors (Lipinski definition) is 3. The average molecular weight is 249 g/mol. The normalized spacial score (nSPS) is 25.9. The molecule has 3 rings (SSSR count). The highest BCUT2D eigenvalue weighted by Gasteiger charge is 2.37. The van der Waals surface area contributed by atoms with Crippen LogP contribution < -0.4 is 10.6 Å². The number of anilines is 2. The van der Waals surface area contributed by atoms with E-state index in [0.717, 1.165) is 12.2 Å². The molecular formula is C12H19N5O. The van der Waals surface area contributed by atoms with Gasteiger partial charge in [-0.1, -0.05) is 6.92 Å². The van der Waals surface area contributed by atoms with Gasteiger partial charge in [-0.05, 0) is 25.2 Å². The highest BCUT2D eigenvalue weighted by atomic mass is 16.3. The number of aliphatic hydroxyl groups excluding tert-OH is 1. The van der Waals surface area contributed by atoms with Gasteiger partial charge in [-0.2, -0.15) is 15.0 Å². The SMILES string of the molecule is CC1CC1c1nc(NCCO)nc(NC2CC2)n1. The number of nitrogens with one attached hydrogen (secondary N) is 2. The zero-order chi connectivity index (χ0) is 12.5. The monoisotopic (exact) mass is 249 g/mol. The minimum absolute atomic E-state index is 0.0756. The molecule has 2 saturated carbocycles. The maximum absolute atomic E-state index is 8.84. The lowest BCUT2D eigenvalue weighted by Crippen LogP contribution is -2.14. The lowest BCUT2D eigenvalue weighted by Gasteiger charge is -2.08. The fourth-order valence-corrected chi connectivity index (χ4v) is 1.96. The van der Waals surface area contributed by atoms with Crippen molar-refractivity contribution in [2.45, 2.75) is 38.1 Å². The minimum atomic E-state index is 0.0756. The summed E-state index contributed by atoms with van der Waals surface area (Å²) in [5.74, 6) is 3.26. The van der Waals surface area contributed by atoms with E-state index in [4.69, 9.17) is 5.11 Å². The van der Waals surface area contributed by atoms with E-state index in [1.54, 1.807) is 0 Å². The fraction of sp³-hybridized carbons (Fsp3) is 0.750. The summed E-state index contributed by atoms with van der Waals surface area (Å²) in [6, 6.07) is 0.530. The van der Waals surface area contributed by atoms with E-state index < -0.39 is 0 Å². The van der Waals surface area contributed by atoms with Crippen molar-refractivity contribution in [1.82, 2.24) is 15.0 Å². The van der Waals surface area contributed by atoms with Gasteiger partial charge < -0.3 is 15.7 Å². The molecule has 0 amide bonds. The maximum atomic E-state index is 8.84. The fourth-order valence-electron chi connectivity index (χ4n) is 1.96. The molecule has 18 heavy (non-hydrogen) atoms. The molecule has 2 fully saturated rings. The average Bonchev–Trinajstić information content (AvgIpc) is 3.25. The molecule has 2 aliphatic rings. The lowest BCUT2D eigenvalue weighted by molar-refractivity contribution is 0.310. The second-order valence-electron chi connectivity index (χ2n) is 5.23. The second kappa shape index (κ2) is 4.68. The van der Waals surface area contributed by atoms with Gasteiger partial charge in [0.15, 0.2) is 0 Å². The topological polar surface area (TPSA) is 83.0 Å². The van der Waals surface area contributed by atoms with Crippen LogP contribution in [0.2, 0.25) is 0 Å². The quantitative estimate of drug-likeness (QED) is 0.697. The summed E-state index contributed by atoms with van der Waals surface area (Å²) < 4.78 is 0. The summed E-state index contributed by atoms with van der Waals surface area (Å²) in [6.07, 6.45) is 3.55. The molecule has 0 bridgehead atoms. The highest BCUT2D eigenvalue weighted by Crippen LogP contribution is 2.45. The van der Waals surface area contributed by atoms with E-state index in [0.29, 0.717) is 36.3 Å². The van der Waals surface area contributed by atoms with Gasteiger partial charge in [0, 0.05) is 18.5 Å². The van der Waals surface area contributed by atoms with E-state index in [9.17, 15) is 0 Å². The molecule has 98 valence electrons. The molecule has 0 radical (unpaired) electrons. The molecule has 6 heteroatoms. The van der Waals surface area contributed by atoms with Crippen LogP contribution in [0, 0.1) is 5.92 Å². The van der Waals surface area contributed by atoms with Crippen molar-refractivity contribution in [1.29, 1.82) is 0 Å². The molecule has 0 spiro atoms. The summed E-state index contributed by atoms with van der Waals surface area (Å²) in [5, 5.41) is 15.2. The third-order valence-corrected chi connectivity index (χ3v) is 3.40. The van der Waals surface area contributed by atoms with Gasteiger partial charge >= 0.3 is 0 Å². The van der Waals surface area contributed by atoms with Crippen LogP contribution in [0.3, 0.4) is 0 Å². The van der Waals surface area contributed by atoms with Gasteiger partial charge in [-0.15, -0.1) is 0 Å². The van der Waals surface area contributed by atoms with Gasteiger partial charge in [0.25, 0.3) is 0 Å². The first-order valence-electron chi connectivity index (χ1n) is 6.63. The largest absolute Gasteiger partial charge is 0.395 e. The smallest absolute Gasteiger partial charge is 0.227 e. The predicted octanol–water partition coefficient (Wildman–Crippen LogP) is 0.973. The van der Waals surface area contributed by atoms with Crippen molar-refractivity contribution < 1.29 is 5.11 Å². The van der Waals surface area contributed by atoms with Gasteiger partial charge in [-0.25, -0.2) is 0 Å². The molecule has 2 atom stereocenters. The standard InChI is InChI=1S/C12H19N5O/c1-7-6-9(7)10-15-11(13-4-5-18)17-12(16-10)14-8-2-3-8/h7-9,18H,2-6H2,1H3,(H2,13,14,15,16,17). The molecule has 6 nitrogen and oxygen atoms in total. The van der Waals surface area contributed by atoms with Crippen molar-refractivity contribution in [3.63, 3.8) is 0 Å². The van der Waals surface area contributed by atoms with Gasteiger partial charge in [0.05, 0.1) is 6.61 Å². The Morgan fingerprint density at radius 2 is 1.94 bits per heavy atom. The minimum Gasteiger partial charge on any atom is -0.395 e. The lowest BCUT2D eigenvalue weighted by atomic mass is 10.3. The Hall–Kier alpha value is -1.43. The van der Waals surface area contributed by atoms with Crippen molar-refractivity contribution >= 4 is 11.9 Å². The van der Waals surface area contributed by atoms with Crippen LogP contribution >= 0.6 is 0 Å². The number of aromatic nitrogens is 3. The van der Waals surface area contributed by atoms with Crippen LogP contribution in [0.5, 0.6) is 0 Å². The Labute approximate surface area is 106 Å². The van der Waals surface area contributed by atoms with Crippen molar-refractivity contribution in [2.24, 2.45) is 5.92 Å². The first kappa shape index (κ1) is 11.6.